The van der Waals surface area contributed by atoms with E-state index in [1.165, 1.54) is 16.9 Å². The highest BCUT2D eigenvalue weighted by molar-refractivity contribution is 9.10. The number of aromatic nitrogens is 3. The molecule has 0 bridgehead atoms. The Morgan fingerprint density at radius 3 is 2.92 bits per heavy atom. The molecule has 9 heteroatoms. The zero-order valence-electron chi connectivity index (χ0n) is 13.4. The molecule has 130 valence electrons. The Morgan fingerprint density at radius 2 is 2.23 bits per heavy atom. The van der Waals surface area contributed by atoms with Crippen molar-refractivity contribution in [2.45, 2.75) is 6.92 Å². The number of pyridine rings is 1. The number of rotatable bonds is 3. The van der Waals surface area contributed by atoms with Gasteiger partial charge in [-0.1, -0.05) is 17.7 Å². The van der Waals surface area contributed by atoms with Crippen LogP contribution in [0, 0.1) is 11.3 Å². The van der Waals surface area contributed by atoms with Gasteiger partial charge in [0.15, 0.2) is 5.82 Å². The molecule has 0 atom stereocenters. The average Bonchev–Trinajstić information content (AvgIpc) is 2.62. The SMILES string of the molecule is CCOC(=O)c1nn(-c2ncc(Cl)cc2C#N)c2cccc(Br)c2c1=O. The van der Waals surface area contributed by atoms with Gasteiger partial charge in [0, 0.05) is 10.7 Å². The van der Waals surface area contributed by atoms with E-state index in [1.54, 1.807) is 25.1 Å². The number of carbonyl (C=O) groups excluding carboxylic acids is 1. The largest absolute Gasteiger partial charge is 0.461 e. The molecular formula is C17H10BrClN4O3. The van der Waals surface area contributed by atoms with Crippen molar-refractivity contribution in [1.82, 2.24) is 14.8 Å². The van der Waals surface area contributed by atoms with Gasteiger partial charge in [0.25, 0.3) is 0 Å². The van der Waals surface area contributed by atoms with E-state index in [0.29, 0.717) is 9.99 Å². The van der Waals surface area contributed by atoms with Crippen LogP contribution < -0.4 is 5.43 Å². The molecule has 0 aliphatic rings. The van der Waals surface area contributed by atoms with Crippen molar-refractivity contribution in [2.75, 3.05) is 6.61 Å². The quantitative estimate of drug-likeness (QED) is 0.588. The highest BCUT2D eigenvalue weighted by atomic mass is 79.9. The van der Waals surface area contributed by atoms with Crippen LogP contribution in [0.1, 0.15) is 23.0 Å². The van der Waals surface area contributed by atoms with Crippen molar-refractivity contribution in [2.24, 2.45) is 0 Å². The van der Waals surface area contributed by atoms with Crippen LogP contribution in [0.3, 0.4) is 0 Å². The number of fused-ring (bicyclic) bond motifs is 1. The summed E-state index contributed by atoms with van der Waals surface area (Å²) in [4.78, 5) is 29.1. The molecule has 0 aliphatic carbocycles. The second kappa shape index (κ2) is 7.23. The minimum absolute atomic E-state index is 0.0938. The molecule has 1 aromatic carbocycles. The van der Waals surface area contributed by atoms with Crippen LogP contribution in [-0.4, -0.2) is 27.3 Å². The summed E-state index contributed by atoms with van der Waals surface area (Å²) in [5, 5.41) is 14.0. The Bertz CT molecular complexity index is 1140. The summed E-state index contributed by atoms with van der Waals surface area (Å²) in [5.74, 6) is -0.707. The van der Waals surface area contributed by atoms with Crippen LogP contribution in [-0.2, 0) is 4.74 Å². The van der Waals surface area contributed by atoms with E-state index in [9.17, 15) is 14.9 Å². The fourth-order valence-corrected chi connectivity index (χ4v) is 3.10. The van der Waals surface area contributed by atoms with Crippen LogP contribution in [0.4, 0.5) is 0 Å². The minimum atomic E-state index is -0.851. The van der Waals surface area contributed by atoms with Gasteiger partial charge < -0.3 is 4.74 Å². The fourth-order valence-electron chi connectivity index (χ4n) is 2.41. The molecule has 0 amide bonds. The zero-order chi connectivity index (χ0) is 18.8. The molecule has 0 saturated heterocycles. The van der Waals surface area contributed by atoms with Gasteiger partial charge in [0.1, 0.15) is 6.07 Å². The van der Waals surface area contributed by atoms with Crippen molar-refractivity contribution in [3.8, 4) is 11.9 Å². The van der Waals surface area contributed by atoms with Crippen LogP contribution >= 0.6 is 27.5 Å². The van der Waals surface area contributed by atoms with Crippen molar-refractivity contribution < 1.29 is 9.53 Å². The number of nitriles is 1. The fraction of sp³-hybridized carbons (Fsp3) is 0.118. The van der Waals surface area contributed by atoms with E-state index >= 15 is 0 Å². The van der Waals surface area contributed by atoms with Crippen LogP contribution in [0.25, 0.3) is 16.7 Å². The molecule has 0 N–H and O–H groups in total. The van der Waals surface area contributed by atoms with Gasteiger partial charge in [-0.15, -0.1) is 0 Å². The number of hydrogen-bond acceptors (Lipinski definition) is 6. The number of hydrogen-bond donors (Lipinski definition) is 0. The predicted molar refractivity (Wildman–Crippen MR) is 98.5 cm³/mol. The lowest BCUT2D eigenvalue weighted by Crippen LogP contribution is -2.25. The van der Waals surface area contributed by atoms with E-state index < -0.39 is 17.1 Å². The van der Waals surface area contributed by atoms with Gasteiger partial charge >= 0.3 is 5.97 Å². The van der Waals surface area contributed by atoms with Gasteiger partial charge in [-0.05, 0) is 41.1 Å². The summed E-state index contributed by atoms with van der Waals surface area (Å²) in [5.41, 5.74) is -0.449. The van der Waals surface area contributed by atoms with E-state index in [4.69, 9.17) is 16.3 Å². The Kier molecular flexibility index (Phi) is 5.02. The summed E-state index contributed by atoms with van der Waals surface area (Å²) in [6.07, 6.45) is 1.35. The van der Waals surface area contributed by atoms with Gasteiger partial charge in [0.2, 0.25) is 11.1 Å². The van der Waals surface area contributed by atoms with Crippen molar-refractivity contribution in [1.29, 1.82) is 5.26 Å². The van der Waals surface area contributed by atoms with Gasteiger partial charge in [-0.3, -0.25) is 4.79 Å². The highest BCUT2D eigenvalue weighted by Crippen LogP contribution is 2.24. The van der Waals surface area contributed by atoms with Gasteiger partial charge in [-0.2, -0.15) is 10.4 Å². The summed E-state index contributed by atoms with van der Waals surface area (Å²) >= 11 is 9.22. The summed E-state index contributed by atoms with van der Waals surface area (Å²) < 4.78 is 6.67. The second-order valence-electron chi connectivity index (χ2n) is 5.08. The molecule has 0 saturated carbocycles. The van der Waals surface area contributed by atoms with Crippen molar-refractivity contribution >= 4 is 44.4 Å². The molecule has 3 aromatic rings. The number of ether oxygens (including phenoxy) is 1. The molecule has 3 rings (SSSR count). The Labute approximate surface area is 160 Å². The third-order valence-electron chi connectivity index (χ3n) is 3.49. The second-order valence-corrected chi connectivity index (χ2v) is 6.37. The smallest absolute Gasteiger partial charge is 0.362 e. The van der Waals surface area contributed by atoms with Crippen molar-refractivity contribution in [3.05, 3.63) is 61.4 Å². The van der Waals surface area contributed by atoms with Crippen molar-refractivity contribution in [3.63, 3.8) is 0 Å². The monoisotopic (exact) mass is 432 g/mol. The molecule has 26 heavy (non-hydrogen) atoms. The lowest BCUT2D eigenvalue weighted by Gasteiger charge is -2.13. The molecule has 0 aliphatic heterocycles. The Morgan fingerprint density at radius 1 is 1.46 bits per heavy atom. The number of halogens is 2. The maximum atomic E-state index is 12.7. The van der Waals surface area contributed by atoms with Gasteiger partial charge in [0.05, 0.1) is 28.1 Å². The molecule has 7 nitrogen and oxygen atoms in total. The van der Waals surface area contributed by atoms with Crippen LogP contribution in [0.15, 0.2) is 39.7 Å². The van der Waals surface area contributed by atoms with E-state index in [-0.39, 0.29) is 28.4 Å². The lowest BCUT2D eigenvalue weighted by molar-refractivity contribution is 0.0516. The predicted octanol–water partition coefficient (Wildman–Crippen LogP) is 3.24. The third-order valence-corrected chi connectivity index (χ3v) is 4.35. The molecule has 2 aromatic heterocycles. The first-order chi connectivity index (χ1) is 12.5. The highest BCUT2D eigenvalue weighted by Gasteiger charge is 2.22. The lowest BCUT2D eigenvalue weighted by atomic mass is 10.2. The molecule has 2 heterocycles. The molecule has 0 fully saturated rings. The van der Waals surface area contributed by atoms with Gasteiger partial charge in [-0.25, -0.2) is 14.5 Å². The molecular weight excluding hydrogens is 424 g/mol. The normalized spacial score (nSPS) is 10.5. The van der Waals surface area contributed by atoms with E-state index in [2.05, 4.69) is 26.0 Å². The number of carbonyl (C=O) groups is 1. The molecule has 0 unspecified atom stereocenters. The first-order valence-corrected chi connectivity index (χ1v) is 8.59. The Hall–Kier alpha value is -2.76. The standard InChI is InChI=1S/C17H10BrClN4O3/c1-2-26-17(25)14-15(24)13-11(18)4-3-5-12(13)23(22-14)16-9(7-20)6-10(19)8-21-16/h3-6,8H,2H2,1H3. The number of esters is 1. The van der Waals surface area contributed by atoms with Crippen LogP contribution in [0.5, 0.6) is 0 Å². The maximum Gasteiger partial charge on any atom is 0.362 e. The summed E-state index contributed by atoms with van der Waals surface area (Å²) in [6, 6.07) is 8.43. The third kappa shape index (κ3) is 3.07. The average molecular weight is 434 g/mol. The minimum Gasteiger partial charge on any atom is -0.461 e. The maximum absolute atomic E-state index is 12.7. The zero-order valence-corrected chi connectivity index (χ0v) is 15.7. The first-order valence-electron chi connectivity index (χ1n) is 7.42. The van der Waals surface area contributed by atoms with E-state index in [0.717, 1.165) is 0 Å². The summed E-state index contributed by atoms with van der Waals surface area (Å²) in [6.45, 7) is 1.72. The van der Waals surface area contributed by atoms with Crippen LogP contribution in [0.2, 0.25) is 5.02 Å². The topological polar surface area (TPSA) is 97.9 Å². The Balaban J connectivity index is 2.45. The van der Waals surface area contributed by atoms with E-state index in [1.807, 2.05) is 6.07 Å². The number of nitrogens with zero attached hydrogens (tertiary/aromatic N) is 4. The summed E-state index contributed by atoms with van der Waals surface area (Å²) in [7, 11) is 0. The molecule has 0 spiro atoms. The molecule has 0 radical (unpaired) electrons. The number of benzene rings is 1. The first kappa shape index (κ1) is 18.0.